The third kappa shape index (κ3) is 5.40. The molecule has 4 aromatic carbocycles. The van der Waals surface area contributed by atoms with Crippen LogP contribution in [0.5, 0.6) is 5.75 Å². The first-order valence-electron chi connectivity index (χ1n) is 12.4. The van der Waals surface area contributed by atoms with Crippen molar-refractivity contribution in [3.8, 4) is 5.75 Å². The highest BCUT2D eigenvalue weighted by Crippen LogP contribution is 2.44. The van der Waals surface area contributed by atoms with Gasteiger partial charge in [-0.25, -0.2) is 0 Å². The Labute approximate surface area is 210 Å². The Morgan fingerprint density at radius 1 is 0.857 bits per heavy atom. The summed E-state index contributed by atoms with van der Waals surface area (Å²) in [6.45, 7) is 8.31. The number of benzene rings is 4. The van der Waals surface area contributed by atoms with Crippen molar-refractivity contribution in [1.29, 1.82) is 0 Å². The van der Waals surface area contributed by atoms with Crippen molar-refractivity contribution in [2.75, 3.05) is 13.2 Å². The fraction of sp³-hybridized carbons (Fsp3) is 0.188. The van der Waals surface area contributed by atoms with Crippen LogP contribution >= 0.6 is 8.07 Å². The van der Waals surface area contributed by atoms with Crippen molar-refractivity contribution in [3.05, 3.63) is 132 Å². The molecule has 1 fully saturated rings. The van der Waals surface area contributed by atoms with Crippen molar-refractivity contribution in [2.45, 2.75) is 25.8 Å². The highest BCUT2D eigenvalue weighted by Gasteiger charge is 2.33. The van der Waals surface area contributed by atoms with Crippen molar-refractivity contribution >= 4 is 24.3 Å². The van der Waals surface area contributed by atoms with E-state index in [-0.39, 0.29) is 0 Å². The number of rotatable bonds is 8. The van der Waals surface area contributed by atoms with E-state index in [2.05, 4.69) is 121 Å². The Morgan fingerprint density at radius 2 is 1.46 bits per heavy atom. The smallest absolute Gasteiger partial charge is 0.127 e. The van der Waals surface area contributed by atoms with E-state index in [1.807, 2.05) is 6.07 Å². The first-order valence-corrected chi connectivity index (χ1v) is 13.6. The Hall–Kier alpha value is -3.19. The van der Waals surface area contributed by atoms with Crippen molar-refractivity contribution in [1.82, 2.24) is 4.67 Å². The summed E-state index contributed by atoms with van der Waals surface area (Å²) in [5.74, 6) is 0.917. The number of hydrogen-bond donors (Lipinski definition) is 0. The van der Waals surface area contributed by atoms with Crippen LogP contribution in [0, 0.1) is 6.92 Å². The van der Waals surface area contributed by atoms with Crippen LogP contribution < -0.4 is 15.3 Å². The monoisotopic (exact) mass is 477 g/mol. The molecule has 0 aliphatic carbocycles. The topological polar surface area (TPSA) is 12.5 Å². The Morgan fingerprint density at radius 3 is 2.09 bits per heavy atom. The summed E-state index contributed by atoms with van der Waals surface area (Å²) < 4.78 is 9.27. The molecule has 1 saturated heterocycles. The molecular weight excluding hydrogens is 445 g/mol. The van der Waals surface area contributed by atoms with Crippen LogP contribution in [0.3, 0.4) is 0 Å². The maximum Gasteiger partial charge on any atom is 0.127 e. The lowest BCUT2D eigenvalue weighted by Crippen LogP contribution is -2.36. The molecule has 0 radical (unpaired) electrons. The largest absolute Gasteiger partial charge is 0.491 e. The molecule has 0 aromatic heterocycles. The van der Waals surface area contributed by atoms with Crippen LogP contribution in [0.4, 0.5) is 0 Å². The number of hydrogen-bond acceptors (Lipinski definition) is 2. The minimum Gasteiger partial charge on any atom is -0.491 e. The third-order valence-corrected chi connectivity index (χ3v) is 9.23. The van der Waals surface area contributed by atoms with Gasteiger partial charge >= 0.3 is 0 Å². The molecule has 176 valence electrons. The summed E-state index contributed by atoms with van der Waals surface area (Å²) in [4.78, 5) is 0. The lowest BCUT2D eigenvalue weighted by Gasteiger charge is -2.33. The van der Waals surface area contributed by atoms with Gasteiger partial charge in [0.1, 0.15) is 12.4 Å². The van der Waals surface area contributed by atoms with Gasteiger partial charge in [-0.1, -0.05) is 109 Å². The zero-order chi connectivity index (χ0) is 24.0. The van der Waals surface area contributed by atoms with Gasteiger partial charge < -0.3 is 4.74 Å². The van der Waals surface area contributed by atoms with Gasteiger partial charge in [-0.15, -0.1) is 0 Å². The molecule has 4 aromatic rings. The van der Waals surface area contributed by atoms with E-state index < -0.39 is 8.07 Å². The highest BCUT2D eigenvalue weighted by molar-refractivity contribution is 7.70. The second-order valence-electron chi connectivity index (χ2n) is 9.10. The van der Waals surface area contributed by atoms with Crippen LogP contribution in [0.1, 0.15) is 29.5 Å². The Kier molecular flexibility index (Phi) is 7.42. The zero-order valence-electron chi connectivity index (χ0n) is 20.3. The Bertz CT molecular complexity index is 1220. The Balaban J connectivity index is 1.40. The molecule has 1 atom stereocenters. The average molecular weight is 478 g/mol. The van der Waals surface area contributed by atoms with Crippen LogP contribution in [0.2, 0.25) is 0 Å². The predicted molar refractivity (Wildman–Crippen MR) is 150 cm³/mol. The van der Waals surface area contributed by atoms with Gasteiger partial charge in [0.25, 0.3) is 0 Å². The van der Waals surface area contributed by atoms with E-state index in [1.54, 1.807) is 0 Å². The fourth-order valence-corrected chi connectivity index (χ4v) is 7.47. The minimum absolute atomic E-state index is 0.376. The number of aryl methyl sites for hydroxylation is 1. The van der Waals surface area contributed by atoms with Gasteiger partial charge in [-0.2, -0.15) is 0 Å². The van der Waals surface area contributed by atoms with E-state index in [0.29, 0.717) is 12.6 Å². The molecule has 1 unspecified atom stereocenters. The average Bonchev–Trinajstić information content (AvgIpc) is 3.37. The number of nitrogens with zero attached hydrogens (tertiary/aromatic N) is 1. The van der Waals surface area contributed by atoms with E-state index in [4.69, 9.17) is 4.74 Å². The normalized spacial score (nSPS) is 15.9. The first kappa shape index (κ1) is 23.5. The van der Waals surface area contributed by atoms with Crippen molar-refractivity contribution in [2.24, 2.45) is 0 Å². The maximum absolute atomic E-state index is 6.58. The molecule has 35 heavy (non-hydrogen) atoms. The SMILES string of the molecule is C=C(c1ccccc1)c1cc(C)ccc1OCC1CCCN1P(c1ccccc1)c1ccccc1. The summed E-state index contributed by atoms with van der Waals surface area (Å²) in [6, 6.07) is 39.1. The molecule has 1 aliphatic heterocycles. The number of ether oxygens (including phenoxy) is 1. The molecule has 0 spiro atoms. The summed E-state index contributed by atoms with van der Waals surface area (Å²) in [5.41, 5.74) is 4.42. The van der Waals surface area contributed by atoms with Crippen LogP contribution in [-0.2, 0) is 0 Å². The standard InChI is InChI=1S/C32H32NOP/c1-25-20-21-32(31(23-25)26(2)27-13-6-3-7-14-27)34-24-28-15-12-22-33(28)35(29-16-8-4-9-17-29)30-18-10-5-11-19-30/h3-11,13-14,16-21,23,28H,2,12,15,22,24H2,1H3. The van der Waals surface area contributed by atoms with Gasteiger partial charge in [-0.3, -0.25) is 4.67 Å². The molecule has 0 bridgehead atoms. The summed E-state index contributed by atoms with van der Waals surface area (Å²) in [6.07, 6.45) is 2.35. The molecule has 0 saturated carbocycles. The fourth-order valence-electron chi connectivity index (χ4n) is 4.82. The minimum atomic E-state index is -0.597. The van der Waals surface area contributed by atoms with Crippen LogP contribution in [-0.4, -0.2) is 23.9 Å². The molecule has 1 heterocycles. The molecule has 0 N–H and O–H groups in total. The molecule has 2 nitrogen and oxygen atoms in total. The van der Waals surface area contributed by atoms with E-state index >= 15 is 0 Å². The van der Waals surface area contributed by atoms with Gasteiger partial charge in [0.2, 0.25) is 0 Å². The van der Waals surface area contributed by atoms with Crippen molar-refractivity contribution < 1.29 is 4.74 Å². The van der Waals surface area contributed by atoms with Crippen LogP contribution in [0.25, 0.3) is 5.57 Å². The zero-order valence-corrected chi connectivity index (χ0v) is 21.2. The molecular formula is C32H32NOP. The summed E-state index contributed by atoms with van der Waals surface area (Å²) in [5, 5.41) is 2.79. The van der Waals surface area contributed by atoms with Crippen molar-refractivity contribution in [3.63, 3.8) is 0 Å². The quantitative estimate of drug-likeness (QED) is 0.255. The second-order valence-corrected chi connectivity index (χ2v) is 11.3. The van der Waals surface area contributed by atoms with Gasteiger partial charge in [0.15, 0.2) is 0 Å². The van der Waals surface area contributed by atoms with E-state index in [1.165, 1.54) is 22.6 Å². The lowest BCUT2D eigenvalue weighted by molar-refractivity contribution is 0.238. The lowest BCUT2D eigenvalue weighted by atomic mass is 9.97. The van der Waals surface area contributed by atoms with E-state index in [9.17, 15) is 0 Å². The van der Waals surface area contributed by atoms with Crippen LogP contribution in [0.15, 0.2) is 116 Å². The summed E-state index contributed by atoms with van der Waals surface area (Å²) >= 11 is 0. The van der Waals surface area contributed by atoms with Gasteiger partial charge in [-0.05, 0) is 53.6 Å². The van der Waals surface area contributed by atoms with E-state index in [0.717, 1.165) is 35.4 Å². The second kappa shape index (κ2) is 11.0. The molecule has 3 heteroatoms. The summed E-state index contributed by atoms with van der Waals surface area (Å²) in [7, 11) is -0.597. The first-order chi connectivity index (χ1) is 17.2. The highest BCUT2D eigenvalue weighted by atomic mass is 31.1. The molecule has 1 aliphatic rings. The predicted octanol–water partition coefficient (Wildman–Crippen LogP) is 6.95. The van der Waals surface area contributed by atoms with Gasteiger partial charge in [0, 0.05) is 26.2 Å². The maximum atomic E-state index is 6.58. The van der Waals surface area contributed by atoms with Gasteiger partial charge in [0.05, 0.1) is 0 Å². The third-order valence-electron chi connectivity index (χ3n) is 6.62. The molecule has 0 amide bonds. The molecule has 5 rings (SSSR count).